The number of nitro groups is 1. The Kier molecular flexibility index (Phi) is 7.02. The molecule has 1 aliphatic carbocycles. The highest BCUT2D eigenvalue weighted by Gasteiger charge is 2.33. The first-order valence-electron chi connectivity index (χ1n) is 9.72. The second-order valence-corrected chi connectivity index (χ2v) is 7.65. The van der Waals surface area contributed by atoms with Gasteiger partial charge in [0.05, 0.1) is 4.92 Å². The molecular formula is C21H23ClN4O4. The van der Waals surface area contributed by atoms with Gasteiger partial charge < -0.3 is 16.0 Å². The number of benzene rings is 2. The number of hydrogen-bond acceptors (Lipinski definition) is 5. The van der Waals surface area contributed by atoms with E-state index in [1.165, 1.54) is 24.3 Å². The quantitative estimate of drug-likeness (QED) is 0.465. The van der Waals surface area contributed by atoms with Crippen molar-refractivity contribution in [2.24, 2.45) is 11.7 Å². The van der Waals surface area contributed by atoms with Gasteiger partial charge in [-0.2, -0.15) is 0 Å². The van der Waals surface area contributed by atoms with Crippen LogP contribution >= 0.6 is 11.6 Å². The summed E-state index contributed by atoms with van der Waals surface area (Å²) in [4.78, 5) is 37.0. The molecule has 9 heteroatoms. The summed E-state index contributed by atoms with van der Waals surface area (Å²) in [7, 11) is 0. The summed E-state index contributed by atoms with van der Waals surface area (Å²) >= 11 is 6.34. The number of anilines is 1. The van der Waals surface area contributed by atoms with E-state index in [0.29, 0.717) is 42.3 Å². The van der Waals surface area contributed by atoms with E-state index in [9.17, 15) is 19.7 Å². The Morgan fingerprint density at radius 2 is 1.90 bits per heavy atom. The summed E-state index contributed by atoms with van der Waals surface area (Å²) in [5.41, 5.74) is 7.06. The first-order valence-corrected chi connectivity index (χ1v) is 10.1. The van der Waals surface area contributed by atoms with Crippen LogP contribution in [-0.2, 0) is 11.3 Å². The number of nitrogens with one attached hydrogen (secondary N) is 1. The third kappa shape index (κ3) is 5.55. The molecule has 1 saturated carbocycles. The maximum Gasteiger partial charge on any atom is 0.269 e. The number of carbonyl (C=O) groups excluding carboxylic acids is 2. The van der Waals surface area contributed by atoms with Gasteiger partial charge in [-0.05, 0) is 61.7 Å². The second-order valence-electron chi connectivity index (χ2n) is 7.24. The van der Waals surface area contributed by atoms with Crippen LogP contribution in [0.3, 0.4) is 0 Å². The molecule has 0 unspecified atom stereocenters. The zero-order valence-electron chi connectivity index (χ0n) is 16.3. The van der Waals surface area contributed by atoms with Gasteiger partial charge in [0.25, 0.3) is 11.6 Å². The fourth-order valence-electron chi connectivity index (χ4n) is 3.05. The highest BCUT2D eigenvalue weighted by molar-refractivity contribution is 6.31. The molecule has 2 aromatic rings. The average molecular weight is 431 g/mol. The average Bonchev–Trinajstić information content (AvgIpc) is 3.58. The van der Waals surface area contributed by atoms with E-state index in [-0.39, 0.29) is 17.5 Å². The third-order valence-corrected chi connectivity index (χ3v) is 5.24. The van der Waals surface area contributed by atoms with Crippen molar-refractivity contribution in [1.82, 2.24) is 4.90 Å². The van der Waals surface area contributed by atoms with Crippen LogP contribution < -0.4 is 11.1 Å². The van der Waals surface area contributed by atoms with Gasteiger partial charge in [0.15, 0.2) is 0 Å². The van der Waals surface area contributed by atoms with Crippen LogP contribution in [0.2, 0.25) is 5.02 Å². The summed E-state index contributed by atoms with van der Waals surface area (Å²) in [5, 5.41) is 14.0. The van der Waals surface area contributed by atoms with E-state index in [1.54, 1.807) is 23.1 Å². The fraction of sp³-hybridized carbons (Fsp3) is 0.333. The minimum Gasteiger partial charge on any atom is -0.338 e. The molecule has 3 rings (SSSR count). The van der Waals surface area contributed by atoms with Crippen molar-refractivity contribution in [3.63, 3.8) is 0 Å². The monoisotopic (exact) mass is 430 g/mol. The minimum atomic E-state index is -0.521. The predicted molar refractivity (Wildman–Crippen MR) is 114 cm³/mol. The van der Waals surface area contributed by atoms with Crippen LogP contribution in [0.1, 0.15) is 35.2 Å². The zero-order valence-corrected chi connectivity index (χ0v) is 17.1. The highest BCUT2D eigenvalue weighted by atomic mass is 35.5. The number of amides is 2. The minimum absolute atomic E-state index is 0.0850. The lowest BCUT2D eigenvalue weighted by atomic mass is 10.1. The summed E-state index contributed by atoms with van der Waals surface area (Å²) in [5.74, 6) is -0.196. The van der Waals surface area contributed by atoms with Crippen LogP contribution in [0, 0.1) is 16.0 Å². The molecule has 158 valence electrons. The van der Waals surface area contributed by atoms with Gasteiger partial charge in [0.2, 0.25) is 5.91 Å². The van der Waals surface area contributed by atoms with Gasteiger partial charge in [0.1, 0.15) is 0 Å². The lowest BCUT2D eigenvalue weighted by Crippen LogP contribution is -2.33. The number of nitrogens with zero attached hydrogens (tertiary/aromatic N) is 2. The standard InChI is InChI=1S/C21H23ClN4O4/c22-19-9-6-17(24-20(27)14-4-7-18(8-5-14)26(29)30)12-16(19)13-25(11-1-10-23)21(28)15-2-3-15/h4-9,12,15H,1-3,10-11,13,23H2,(H,24,27). The zero-order chi connectivity index (χ0) is 21.7. The van der Waals surface area contributed by atoms with Crippen LogP contribution in [0.25, 0.3) is 0 Å². The van der Waals surface area contributed by atoms with Crippen molar-refractivity contribution in [3.8, 4) is 0 Å². The van der Waals surface area contributed by atoms with Gasteiger partial charge in [-0.1, -0.05) is 11.6 Å². The van der Waals surface area contributed by atoms with Crippen LogP contribution in [0.4, 0.5) is 11.4 Å². The molecule has 0 aromatic heterocycles. The highest BCUT2D eigenvalue weighted by Crippen LogP contribution is 2.32. The van der Waals surface area contributed by atoms with E-state index in [2.05, 4.69) is 5.32 Å². The maximum atomic E-state index is 12.6. The van der Waals surface area contributed by atoms with Crippen molar-refractivity contribution in [3.05, 3.63) is 68.7 Å². The topological polar surface area (TPSA) is 119 Å². The number of nitro benzene ring substituents is 1. The van der Waals surface area contributed by atoms with E-state index in [0.717, 1.165) is 18.4 Å². The normalized spacial score (nSPS) is 13.0. The smallest absolute Gasteiger partial charge is 0.269 e. The lowest BCUT2D eigenvalue weighted by molar-refractivity contribution is -0.384. The van der Waals surface area contributed by atoms with Crippen molar-refractivity contribution in [2.45, 2.75) is 25.8 Å². The predicted octanol–water partition coefficient (Wildman–Crippen LogP) is 3.59. The largest absolute Gasteiger partial charge is 0.338 e. The molecule has 0 radical (unpaired) electrons. The molecule has 0 bridgehead atoms. The number of halogens is 1. The van der Waals surface area contributed by atoms with E-state index in [4.69, 9.17) is 17.3 Å². The number of carbonyl (C=O) groups is 2. The Hall–Kier alpha value is -2.97. The number of non-ortho nitro benzene ring substituents is 1. The van der Waals surface area contributed by atoms with Crippen LogP contribution in [0.15, 0.2) is 42.5 Å². The molecule has 0 aliphatic heterocycles. The Labute approximate surface area is 179 Å². The van der Waals surface area contributed by atoms with E-state index < -0.39 is 10.8 Å². The summed E-state index contributed by atoms with van der Waals surface area (Å²) in [6.45, 7) is 1.39. The summed E-state index contributed by atoms with van der Waals surface area (Å²) in [6.07, 6.45) is 2.53. The lowest BCUT2D eigenvalue weighted by Gasteiger charge is -2.23. The Bertz CT molecular complexity index is 945. The third-order valence-electron chi connectivity index (χ3n) is 4.88. The molecule has 1 fully saturated rings. The number of nitrogens with two attached hydrogens (primary N) is 1. The van der Waals surface area contributed by atoms with E-state index in [1.807, 2.05) is 0 Å². The van der Waals surface area contributed by atoms with Crippen LogP contribution in [0.5, 0.6) is 0 Å². The molecule has 3 N–H and O–H groups in total. The maximum absolute atomic E-state index is 12.6. The van der Waals surface area contributed by atoms with Gasteiger partial charge in [-0.15, -0.1) is 0 Å². The fourth-order valence-corrected chi connectivity index (χ4v) is 3.23. The molecule has 0 heterocycles. The summed E-state index contributed by atoms with van der Waals surface area (Å²) in [6, 6.07) is 10.4. The Morgan fingerprint density at radius 3 is 2.50 bits per heavy atom. The van der Waals surface area contributed by atoms with Gasteiger partial charge in [-0.3, -0.25) is 19.7 Å². The molecule has 0 atom stereocenters. The molecule has 2 amide bonds. The van der Waals surface area contributed by atoms with Gasteiger partial charge in [-0.25, -0.2) is 0 Å². The molecule has 8 nitrogen and oxygen atoms in total. The second kappa shape index (κ2) is 9.69. The first-order chi connectivity index (χ1) is 14.4. The molecule has 2 aromatic carbocycles. The first kappa shape index (κ1) is 21.7. The van der Waals surface area contributed by atoms with Crippen molar-refractivity contribution in [1.29, 1.82) is 0 Å². The van der Waals surface area contributed by atoms with Crippen LogP contribution in [-0.4, -0.2) is 34.7 Å². The molecule has 1 aliphatic rings. The Morgan fingerprint density at radius 1 is 1.20 bits per heavy atom. The molecule has 0 saturated heterocycles. The molecule has 0 spiro atoms. The number of rotatable bonds is 9. The van der Waals surface area contributed by atoms with Crippen molar-refractivity contribution < 1.29 is 14.5 Å². The molecular weight excluding hydrogens is 408 g/mol. The van der Waals surface area contributed by atoms with Crippen molar-refractivity contribution in [2.75, 3.05) is 18.4 Å². The SMILES string of the molecule is NCCCN(Cc1cc(NC(=O)c2ccc([N+](=O)[O-])cc2)ccc1Cl)C(=O)C1CC1. The number of hydrogen-bond donors (Lipinski definition) is 2. The Balaban J connectivity index is 1.72. The summed E-state index contributed by atoms with van der Waals surface area (Å²) < 4.78 is 0. The van der Waals surface area contributed by atoms with Gasteiger partial charge in [0, 0.05) is 47.4 Å². The molecule has 30 heavy (non-hydrogen) atoms. The van der Waals surface area contributed by atoms with Gasteiger partial charge >= 0.3 is 0 Å². The van der Waals surface area contributed by atoms with E-state index >= 15 is 0 Å². The van der Waals surface area contributed by atoms with Crippen molar-refractivity contribution >= 4 is 34.8 Å².